The Morgan fingerprint density at radius 1 is 1.38 bits per heavy atom. The molecule has 2 amide bonds. The van der Waals surface area contributed by atoms with Gasteiger partial charge in [0.25, 0.3) is 0 Å². The van der Waals surface area contributed by atoms with Crippen molar-refractivity contribution in [1.29, 1.82) is 0 Å². The second-order valence-electron chi connectivity index (χ2n) is 6.93. The Bertz CT molecular complexity index is 634. The summed E-state index contributed by atoms with van der Waals surface area (Å²) in [5, 5.41) is 0. The highest BCUT2D eigenvalue weighted by Crippen LogP contribution is 2.29. The molecule has 2 saturated heterocycles. The molecule has 0 saturated carbocycles. The van der Waals surface area contributed by atoms with Gasteiger partial charge < -0.3 is 15.5 Å². The van der Waals surface area contributed by atoms with E-state index < -0.39 is 0 Å². The summed E-state index contributed by atoms with van der Waals surface area (Å²) in [7, 11) is 0. The number of anilines is 1. The average molecular weight is 394 g/mol. The lowest BCUT2D eigenvalue weighted by atomic mass is 9.91. The number of likely N-dealkylation sites (tertiary alicyclic amines) is 1. The fourth-order valence-electron chi connectivity index (χ4n) is 3.66. The molecule has 2 fully saturated rings. The number of rotatable bonds is 3. The summed E-state index contributed by atoms with van der Waals surface area (Å²) in [6.45, 7) is 3.97. The van der Waals surface area contributed by atoms with Crippen molar-refractivity contribution in [1.82, 2.24) is 4.90 Å². The fourth-order valence-corrected chi connectivity index (χ4v) is 4.05. The van der Waals surface area contributed by atoms with Crippen LogP contribution in [0, 0.1) is 11.8 Å². The molecule has 24 heavy (non-hydrogen) atoms. The van der Waals surface area contributed by atoms with E-state index in [0.717, 1.165) is 36.1 Å². The number of piperidine rings is 1. The number of carbonyl (C=O) groups excluding carboxylic acids is 2. The highest BCUT2D eigenvalue weighted by atomic mass is 79.9. The monoisotopic (exact) mass is 393 g/mol. The highest BCUT2D eigenvalue weighted by molar-refractivity contribution is 9.10. The highest BCUT2D eigenvalue weighted by Gasteiger charge is 2.38. The van der Waals surface area contributed by atoms with Gasteiger partial charge in [0.05, 0.1) is 5.92 Å². The molecule has 3 unspecified atom stereocenters. The van der Waals surface area contributed by atoms with Crippen LogP contribution >= 0.6 is 15.9 Å². The van der Waals surface area contributed by atoms with Crippen molar-refractivity contribution in [2.24, 2.45) is 17.6 Å². The smallest absolute Gasteiger partial charge is 0.228 e. The first-order valence-corrected chi connectivity index (χ1v) is 9.35. The van der Waals surface area contributed by atoms with Crippen LogP contribution in [0.25, 0.3) is 0 Å². The van der Waals surface area contributed by atoms with Gasteiger partial charge in [-0.25, -0.2) is 0 Å². The Morgan fingerprint density at radius 3 is 2.88 bits per heavy atom. The molecule has 2 N–H and O–H groups in total. The fraction of sp³-hybridized carbons (Fsp3) is 0.556. The predicted octanol–water partition coefficient (Wildman–Crippen LogP) is 2.39. The molecule has 2 heterocycles. The molecule has 1 aromatic rings. The van der Waals surface area contributed by atoms with Crippen LogP contribution in [-0.4, -0.2) is 42.4 Å². The summed E-state index contributed by atoms with van der Waals surface area (Å²) in [6.07, 6.45) is 2.37. The molecule has 2 aliphatic rings. The molecule has 0 spiro atoms. The average Bonchev–Trinajstić information content (AvgIpc) is 2.96. The quantitative estimate of drug-likeness (QED) is 0.856. The van der Waals surface area contributed by atoms with Crippen molar-refractivity contribution in [3.8, 4) is 0 Å². The maximum atomic E-state index is 12.9. The minimum absolute atomic E-state index is 0.0206. The predicted molar refractivity (Wildman–Crippen MR) is 97.6 cm³/mol. The second-order valence-corrected chi connectivity index (χ2v) is 7.85. The molecule has 0 radical (unpaired) electrons. The van der Waals surface area contributed by atoms with Crippen LogP contribution < -0.4 is 10.6 Å². The lowest BCUT2D eigenvalue weighted by molar-refractivity contribution is -0.137. The number of amides is 2. The standard InChI is InChI=1S/C18H24BrN3O2/c1-12(20)13-4-3-7-21(10-13)18(24)14-8-17(23)22(11-14)16-6-2-5-15(19)9-16/h2,5-6,9,12-14H,3-4,7-8,10-11,20H2,1H3. The van der Waals surface area contributed by atoms with Crippen LogP contribution in [0.1, 0.15) is 26.2 Å². The number of nitrogens with zero attached hydrogens (tertiary/aromatic N) is 2. The van der Waals surface area contributed by atoms with Gasteiger partial charge in [0, 0.05) is 42.3 Å². The van der Waals surface area contributed by atoms with Crippen molar-refractivity contribution < 1.29 is 9.59 Å². The van der Waals surface area contributed by atoms with Gasteiger partial charge in [-0.3, -0.25) is 9.59 Å². The minimum atomic E-state index is -0.247. The first kappa shape index (κ1) is 17.4. The molecule has 1 aromatic carbocycles. The number of benzene rings is 1. The van der Waals surface area contributed by atoms with E-state index >= 15 is 0 Å². The third-order valence-electron chi connectivity index (χ3n) is 5.11. The van der Waals surface area contributed by atoms with Crippen LogP contribution in [-0.2, 0) is 9.59 Å². The van der Waals surface area contributed by atoms with Crippen molar-refractivity contribution in [3.63, 3.8) is 0 Å². The Morgan fingerprint density at radius 2 is 2.17 bits per heavy atom. The number of carbonyl (C=O) groups is 2. The van der Waals surface area contributed by atoms with E-state index in [9.17, 15) is 9.59 Å². The lowest BCUT2D eigenvalue weighted by Crippen LogP contribution is -2.47. The van der Waals surface area contributed by atoms with E-state index in [4.69, 9.17) is 5.73 Å². The largest absolute Gasteiger partial charge is 0.342 e. The van der Waals surface area contributed by atoms with Gasteiger partial charge in [-0.1, -0.05) is 22.0 Å². The zero-order valence-electron chi connectivity index (χ0n) is 14.0. The van der Waals surface area contributed by atoms with E-state index in [1.165, 1.54) is 0 Å². The molecule has 3 atom stereocenters. The first-order chi connectivity index (χ1) is 11.5. The van der Waals surface area contributed by atoms with Crippen molar-refractivity contribution in [2.75, 3.05) is 24.5 Å². The first-order valence-electron chi connectivity index (χ1n) is 8.56. The van der Waals surface area contributed by atoms with Gasteiger partial charge >= 0.3 is 0 Å². The van der Waals surface area contributed by atoms with Crippen LogP contribution in [0.5, 0.6) is 0 Å². The molecular weight excluding hydrogens is 370 g/mol. The van der Waals surface area contributed by atoms with E-state index in [1.807, 2.05) is 36.1 Å². The molecule has 3 rings (SSSR count). The molecular formula is C18H24BrN3O2. The number of halogens is 1. The summed E-state index contributed by atoms with van der Waals surface area (Å²) in [6, 6.07) is 7.75. The Labute approximate surface area is 151 Å². The molecule has 6 heteroatoms. The normalized spacial score (nSPS) is 25.9. The van der Waals surface area contributed by atoms with Gasteiger partial charge in [0.15, 0.2) is 0 Å². The molecule has 0 aliphatic carbocycles. The maximum absolute atomic E-state index is 12.9. The van der Waals surface area contributed by atoms with Crippen LogP contribution in [0.2, 0.25) is 0 Å². The van der Waals surface area contributed by atoms with Crippen LogP contribution in [0.3, 0.4) is 0 Å². The van der Waals surface area contributed by atoms with Crippen molar-refractivity contribution in [2.45, 2.75) is 32.2 Å². The van der Waals surface area contributed by atoms with Crippen molar-refractivity contribution in [3.05, 3.63) is 28.7 Å². The third-order valence-corrected chi connectivity index (χ3v) is 5.60. The molecule has 0 aromatic heterocycles. The van der Waals surface area contributed by atoms with E-state index in [2.05, 4.69) is 15.9 Å². The lowest BCUT2D eigenvalue weighted by Gasteiger charge is -2.35. The molecule has 130 valence electrons. The van der Waals surface area contributed by atoms with Crippen LogP contribution in [0.4, 0.5) is 5.69 Å². The van der Waals surface area contributed by atoms with Gasteiger partial charge in [-0.15, -0.1) is 0 Å². The topological polar surface area (TPSA) is 66.6 Å². The molecule has 0 bridgehead atoms. The van der Waals surface area contributed by atoms with E-state index in [1.54, 1.807) is 4.90 Å². The summed E-state index contributed by atoms with van der Waals surface area (Å²) in [5.41, 5.74) is 6.86. The van der Waals surface area contributed by atoms with Gasteiger partial charge in [-0.2, -0.15) is 0 Å². The van der Waals surface area contributed by atoms with Gasteiger partial charge in [0.2, 0.25) is 11.8 Å². The summed E-state index contributed by atoms with van der Waals surface area (Å²) in [5.74, 6) is 0.239. The Balaban J connectivity index is 1.68. The number of hydrogen-bond donors (Lipinski definition) is 1. The number of nitrogens with two attached hydrogens (primary N) is 1. The number of hydrogen-bond acceptors (Lipinski definition) is 3. The van der Waals surface area contributed by atoms with Crippen LogP contribution in [0.15, 0.2) is 28.7 Å². The minimum Gasteiger partial charge on any atom is -0.342 e. The Hall–Kier alpha value is -1.40. The van der Waals surface area contributed by atoms with Gasteiger partial charge in [-0.05, 0) is 43.9 Å². The summed E-state index contributed by atoms with van der Waals surface area (Å²) >= 11 is 3.43. The summed E-state index contributed by atoms with van der Waals surface area (Å²) < 4.78 is 0.929. The zero-order valence-corrected chi connectivity index (χ0v) is 15.5. The van der Waals surface area contributed by atoms with E-state index in [-0.39, 0.29) is 23.8 Å². The molecule has 5 nitrogen and oxygen atoms in total. The molecule has 2 aliphatic heterocycles. The maximum Gasteiger partial charge on any atom is 0.228 e. The summed E-state index contributed by atoms with van der Waals surface area (Å²) in [4.78, 5) is 28.9. The van der Waals surface area contributed by atoms with E-state index in [0.29, 0.717) is 18.9 Å². The Kier molecular flexibility index (Phi) is 5.25. The SMILES string of the molecule is CC(N)C1CCCN(C(=O)C2CC(=O)N(c3cccc(Br)c3)C2)C1. The second kappa shape index (κ2) is 7.23. The van der Waals surface area contributed by atoms with Crippen molar-refractivity contribution >= 4 is 33.4 Å². The third kappa shape index (κ3) is 3.64. The van der Waals surface area contributed by atoms with Gasteiger partial charge in [0.1, 0.15) is 0 Å². The zero-order chi connectivity index (χ0) is 17.3.